The Kier molecular flexibility index (Phi) is 8.90. The second-order valence-electron chi connectivity index (χ2n) is 8.50. The zero-order valence-corrected chi connectivity index (χ0v) is 21.4. The van der Waals surface area contributed by atoms with Crippen molar-refractivity contribution in [1.29, 1.82) is 5.26 Å². The Morgan fingerprint density at radius 1 is 1.29 bits per heavy atom. The number of fused-ring (bicyclic) bond motifs is 1. The number of aromatic nitrogens is 3. The summed E-state index contributed by atoms with van der Waals surface area (Å²) in [6.45, 7) is 1.52. The normalized spacial score (nSPS) is 15.1. The molecule has 1 atom stereocenters. The number of rotatable bonds is 6. The number of sulfone groups is 1. The van der Waals surface area contributed by atoms with E-state index >= 15 is 0 Å². The summed E-state index contributed by atoms with van der Waals surface area (Å²) in [7, 11) is -1.59. The molecule has 0 unspecified atom stereocenters. The highest BCUT2D eigenvalue weighted by atomic mass is 32.2. The van der Waals surface area contributed by atoms with E-state index < -0.39 is 22.3 Å². The van der Waals surface area contributed by atoms with Gasteiger partial charge in [-0.05, 0) is 36.1 Å². The number of carboxylic acid groups (broad SMARTS) is 1. The molecule has 2 N–H and O–H groups in total. The number of benzene rings is 1. The standard InChI is InChI=1S/C24H23F2N5O3S.CH2O2/c1-14(16-4-3-5-18(21(25)26)17(16)6-9-27)30-22-20-12-19(15-7-10-35(33,34)11-8-15)24(32)31(2)23(20)29-13-28-22;2-1-3/h3-5,7,12-14,21H,6,8,10-11H2,1-2H3,(H,28,29,30);1H,(H,2,3)/t14-;/m1./s1. The van der Waals surface area contributed by atoms with Crippen molar-refractivity contribution < 1.29 is 27.1 Å². The molecule has 0 fully saturated rings. The third kappa shape index (κ3) is 6.03. The number of hydrogen-bond donors (Lipinski definition) is 2. The number of allylic oxidation sites excluding steroid dienone is 1. The van der Waals surface area contributed by atoms with Gasteiger partial charge in [-0.25, -0.2) is 27.2 Å². The molecule has 1 aliphatic heterocycles. The summed E-state index contributed by atoms with van der Waals surface area (Å²) in [6.07, 6.45) is 0.213. The van der Waals surface area contributed by atoms with Crippen LogP contribution in [0.3, 0.4) is 0 Å². The molecule has 4 rings (SSSR count). The zero-order chi connectivity index (χ0) is 28.0. The van der Waals surface area contributed by atoms with Gasteiger partial charge in [0.25, 0.3) is 18.5 Å². The lowest BCUT2D eigenvalue weighted by atomic mass is 9.94. The van der Waals surface area contributed by atoms with Crippen molar-refractivity contribution in [3.05, 3.63) is 69.3 Å². The predicted molar refractivity (Wildman–Crippen MR) is 137 cm³/mol. The van der Waals surface area contributed by atoms with Gasteiger partial charge in [0, 0.05) is 18.2 Å². The van der Waals surface area contributed by atoms with Crippen molar-refractivity contribution in [2.24, 2.45) is 7.05 Å². The molecular formula is C25H25F2N5O5S. The molecule has 0 radical (unpaired) electrons. The van der Waals surface area contributed by atoms with Crippen molar-refractivity contribution in [1.82, 2.24) is 14.5 Å². The van der Waals surface area contributed by atoms with Crippen LogP contribution in [0.1, 0.15) is 48.1 Å². The van der Waals surface area contributed by atoms with Crippen LogP contribution in [0.4, 0.5) is 14.6 Å². The smallest absolute Gasteiger partial charge is 0.290 e. The van der Waals surface area contributed by atoms with E-state index in [9.17, 15) is 27.3 Å². The second kappa shape index (κ2) is 11.9. The summed E-state index contributed by atoms with van der Waals surface area (Å²) in [5.74, 6) is 0.225. The summed E-state index contributed by atoms with van der Waals surface area (Å²) < 4.78 is 52.1. The fourth-order valence-corrected chi connectivity index (χ4v) is 5.49. The number of carbonyl (C=O) groups is 1. The summed E-state index contributed by atoms with van der Waals surface area (Å²) in [4.78, 5) is 29.9. The summed E-state index contributed by atoms with van der Waals surface area (Å²) in [5.41, 5.74) is 1.70. The maximum atomic E-state index is 13.6. The number of pyridine rings is 1. The molecule has 200 valence electrons. The monoisotopic (exact) mass is 545 g/mol. The van der Waals surface area contributed by atoms with Crippen molar-refractivity contribution in [2.45, 2.75) is 32.2 Å². The van der Waals surface area contributed by atoms with E-state index in [0.29, 0.717) is 33.6 Å². The number of anilines is 1. The minimum absolute atomic E-state index is 0.0321. The van der Waals surface area contributed by atoms with Gasteiger partial charge in [0.15, 0.2) is 9.84 Å². The molecule has 0 aliphatic carbocycles. The van der Waals surface area contributed by atoms with Gasteiger partial charge in [0.1, 0.15) is 17.8 Å². The maximum absolute atomic E-state index is 13.6. The van der Waals surface area contributed by atoms with E-state index in [1.54, 1.807) is 32.2 Å². The van der Waals surface area contributed by atoms with Gasteiger partial charge in [0.2, 0.25) is 0 Å². The topological polar surface area (TPSA) is 155 Å². The van der Waals surface area contributed by atoms with Gasteiger partial charge in [-0.3, -0.25) is 14.2 Å². The number of aryl methyl sites for hydroxylation is 1. The van der Waals surface area contributed by atoms with E-state index in [0.717, 1.165) is 0 Å². The van der Waals surface area contributed by atoms with Gasteiger partial charge in [-0.2, -0.15) is 5.26 Å². The average molecular weight is 546 g/mol. The van der Waals surface area contributed by atoms with Gasteiger partial charge >= 0.3 is 0 Å². The quantitative estimate of drug-likeness (QED) is 0.443. The lowest BCUT2D eigenvalue weighted by molar-refractivity contribution is -0.122. The largest absolute Gasteiger partial charge is 0.483 e. The molecule has 0 spiro atoms. The van der Waals surface area contributed by atoms with Crippen molar-refractivity contribution in [3.63, 3.8) is 0 Å². The fourth-order valence-electron chi connectivity index (χ4n) is 4.34. The molecule has 0 saturated heterocycles. The minimum Gasteiger partial charge on any atom is -0.483 e. The van der Waals surface area contributed by atoms with Crippen LogP contribution in [0.25, 0.3) is 16.6 Å². The van der Waals surface area contributed by atoms with E-state index in [4.69, 9.17) is 9.90 Å². The third-order valence-electron chi connectivity index (χ3n) is 6.18. The van der Waals surface area contributed by atoms with Crippen LogP contribution in [0.5, 0.6) is 0 Å². The van der Waals surface area contributed by atoms with Gasteiger partial charge in [-0.1, -0.05) is 24.3 Å². The Morgan fingerprint density at radius 3 is 2.58 bits per heavy atom. The minimum atomic E-state index is -3.16. The molecule has 10 nitrogen and oxygen atoms in total. The molecule has 1 aromatic carbocycles. The van der Waals surface area contributed by atoms with Crippen LogP contribution in [0.15, 0.2) is 41.5 Å². The number of halogens is 2. The summed E-state index contributed by atoms with van der Waals surface area (Å²) in [5, 5.41) is 19.8. The molecule has 2 aromatic heterocycles. The van der Waals surface area contributed by atoms with Crippen LogP contribution in [-0.4, -0.2) is 46.0 Å². The van der Waals surface area contributed by atoms with Crippen LogP contribution < -0.4 is 10.9 Å². The SMILES string of the molecule is C[C@@H](Nc1ncnc2c1cc(C1=CCS(=O)(=O)CC1)c(=O)n2C)c1cccc(C(F)F)c1CC#N.O=CO. The Labute approximate surface area is 217 Å². The number of alkyl halides is 2. The molecule has 0 amide bonds. The Bertz CT molecular complexity index is 1600. The lowest BCUT2D eigenvalue weighted by Gasteiger charge is -2.21. The number of nitriles is 1. The predicted octanol–water partition coefficient (Wildman–Crippen LogP) is 3.41. The van der Waals surface area contributed by atoms with E-state index in [1.165, 1.54) is 23.0 Å². The van der Waals surface area contributed by atoms with Gasteiger partial charge in [0.05, 0.1) is 35.4 Å². The summed E-state index contributed by atoms with van der Waals surface area (Å²) >= 11 is 0. The Hall–Kier alpha value is -4.18. The van der Waals surface area contributed by atoms with Crippen LogP contribution in [-0.2, 0) is 28.1 Å². The van der Waals surface area contributed by atoms with Crippen molar-refractivity contribution in [3.8, 4) is 6.07 Å². The van der Waals surface area contributed by atoms with E-state index in [1.807, 2.05) is 6.07 Å². The lowest BCUT2D eigenvalue weighted by Crippen LogP contribution is -2.24. The highest BCUT2D eigenvalue weighted by Crippen LogP contribution is 2.32. The molecular weight excluding hydrogens is 520 g/mol. The van der Waals surface area contributed by atoms with Crippen molar-refractivity contribution >= 4 is 38.7 Å². The van der Waals surface area contributed by atoms with Crippen LogP contribution in [0, 0.1) is 11.3 Å². The molecule has 1 aliphatic rings. The first-order chi connectivity index (χ1) is 18.0. The maximum Gasteiger partial charge on any atom is 0.290 e. The van der Waals surface area contributed by atoms with Crippen molar-refractivity contribution in [2.75, 3.05) is 16.8 Å². The van der Waals surface area contributed by atoms with E-state index in [-0.39, 0.29) is 47.5 Å². The first-order valence-electron chi connectivity index (χ1n) is 11.4. The number of nitrogens with zero attached hydrogens (tertiary/aromatic N) is 4. The van der Waals surface area contributed by atoms with Gasteiger partial charge < -0.3 is 10.4 Å². The highest BCUT2D eigenvalue weighted by molar-refractivity contribution is 7.91. The second-order valence-corrected chi connectivity index (χ2v) is 10.7. The van der Waals surface area contributed by atoms with Crippen LogP contribution in [0.2, 0.25) is 0 Å². The third-order valence-corrected chi connectivity index (χ3v) is 7.68. The van der Waals surface area contributed by atoms with Crippen LogP contribution >= 0.6 is 0 Å². The van der Waals surface area contributed by atoms with Gasteiger partial charge in [-0.15, -0.1) is 0 Å². The molecule has 0 bridgehead atoms. The molecule has 0 saturated carbocycles. The zero-order valence-electron chi connectivity index (χ0n) is 20.6. The first kappa shape index (κ1) is 28.4. The Morgan fingerprint density at radius 2 is 1.97 bits per heavy atom. The molecule has 13 heteroatoms. The average Bonchev–Trinajstić information content (AvgIpc) is 2.87. The fraction of sp³-hybridized carbons (Fsp3) is 0.320. The number of hydrogen-bond acceptors (Lipinski definition) is 8. The molecule has 38 heavy (non-hydrogen) atoms. The first-order valence-corrected chi connectivity index (χ1v) is 13.2. The highest BCUT2D eigenvalue weighted by Gasteiger charge is 2.23. The molecule has 3 aromatic rings. The summed E-state index contributed by atoms with van der Waals surface area (Å²) in [6, 6.07) is 7.64. The Balaban J connectivity index is 0.00000127. The molecule has 3 heterocycles. The number of nitrogens with one attached hydrogen (secondary N) is 1. The van der Waals surface area contributed by atoms with E-state index in [2.05, 4.69) is 15.3 Å².